The van der Waals surface area contributed by atoms with E-state index >= 15 is 0 Å². The van der Waals surface area contributed by atoms with Gasteiger partial charge in [-0.3, -0.25) is 4.90 Å². The van der Waals surface area contributed by atoms with Gasteiger partial charge >= 0.3 is 12.1 Å². The van der Waals surface area contributed by atoms with Crippen LogP contribution in [0, 0.1) is 0 Å². The Balaban J connectivity index is 1.97. The minimum atomic E-state index is -0.857. The molecule has 0 aliphatic rings. The second kappa shape index (κ2) is 10.4. The van der Waals surface area contributed by atoms with Crippen LogP contribution in [0.4, 0.5) is 10.5 Å². The van der Waals surface area contributed by atoms with E-state index in [9.17, 15) is 9.59 Å². The fraction of sp³-hybridized carbons (Fsp3) is 0.231. The lowest BCUT2D eigenvalue weighted by Crippen LogP contribution is -2.44. The molecule has 3 rings (SSSR count). The number of hydrogen-bond acceptors (Lipinski definition) is 4. The van der Waals surface area contributed by atoms with Crippen molar-refractivity contribution >= 4 is 17.7 Å². The largest absolute Gasteiger partial charge is 0.467 e. The first-order chi connectivity index (χ1) is 15.0. The van der Waals surface area contributed by atoms with Gasteiger partial charge in [0.25, 0.3) is 0 Å². The number of carbonyl (C=O) groups excluding carboxylic acids is 2. The molecule has 5 nitrogen and oxygen atoms in total. The molecule has 0 saturated carbocycles. The molecule has 160 valence electrons. The molecular formula is C26H27NO4. The number of nitrogens with zero attached hydrogens (tertiary/aromatic N) is 1. The summed E-state index contributed by atoms with van der Waals surface area (Å²) >= 11 is 0. The first kappa shape index (κ1) is 22.1. The van der Waals surface area contributed by atoms with Gasteiger partial charge < -0.3 is 9.47 Å². The molecule has 0 bridgehead atoms. The van der Waals surface area contributed by atoms with Gasteiger partial charge in [-0.25, -0.2) is 9.59 Å². The van der Waals surface area contributed by atoms with Crippen LogP contribution in [0.3, 0.4) is 0 Å². The molecule has 0 unspecified atom stereocenters. The van der Waals surface area contributed by atoms with E-state index in [-0.39, 0.29) is 6.61 Å². The van der Waals surface area contributed by atoms with Crippen molar-refractivity contribution < 1.29 is 19.1 Å². The van der Waals surface area contributed by atoms with Gasteiger partial charge in [0.2, 0.25) is 0 Å². The number of esters is 1. The first-order valence-electron chi connectivity index (χ1n) is 10.3. The standard InChI is InChI=1S/C26H27NO4/c1-4-20-14-16-22(17-15-20)23-12-8-9-13-24(23)27(19(2)25(28)30-3)26(29)31-18-21-10-6-5-7-11-21/h5-17,19H,4,18H2,1-3H3/t19-/m0/s1. The third-order valence-corrected chi connectivity index (χ3v) is 5.17. The fourth-order valence-electron chi connectivity index (χ4n) is 3.38. The average Bonchev–Trinajstić information content (AvgIpc) is 2.83. The number of methoxy groups -OCH3 is 1. The number of ether oxygens (including phenoxy) is 2. The van der Waals surface area contributed by atoms with E-state index in [1.54, 1.807) is 6.92 Å². The van der Waals surface area contributed by atoms with Crippen molar-refractivity contribution in [1.82, 2.24) is 0 Å². The number of amides is 1. The highest BCUT2D eigenvalue weighted by Crippen LogP contribution is 2.33. The maximum absolute atomic E-state index is 13.2. The van der Waals surface area contributed by atoms with Gasteiger partial charge in [-0.1, -0.05) is 79.7 Å². The molecular weight excluding hydrogens is 390 g/mol. The summed E-state index contributed by atoms with van der Waals surface area (Å²) in [4.78, 5) is 26.9. The Morgan fingerprint density at radius 1 is 0.871 bits per heavy atom. The molecule has 0 radical (unpaired) electrons. The zero-order valence-electron chi connectivity index (χ0n) is 18.1. The Bertz CT molecular complexity index is 1020. The second-order valence-corrected chi connectivity index (χ2v) is 7.18. The molecule has 0 N–H and O–H groups in total. The van der Waals surface area contributed by atoms with Crippen molar-refractivity contribution in [2.75, 3.05) is 12.0 Å². The number of carbonyl (C=O) groups is 2. The van der Waals surface area contributed by atoms with E-state index in [4.69, 9.17) is 9.47 Å². The molecule has 0 saturated heterocycles. The molecule has 0 aliphatic carbocycles. The van der Waals surface area contributed by atoms with Crippen LogP contribution in [0.2, 0.25) is 0 Å². The monoisotopic (exact) mass is 417 g/mol. The van der Waals surface area contributed by atoms with E-state index in [1.807, 2.05) is 66.7 Å². The highest BCUT2D eigenvalue weighted by atomic mass is 16.6. The predicted octanol–water partition coefficient (Wildman–Crippen LogP) is 5.62. The zero-order chi connectivity index (χ0) is 22.2. The number of aryl methyl sites for hydroxylation is 1. The van der Waals surface area contributed by atoms with Gasteiger partial charge in [0.1, 0.15) is 12.6 Å². The van der Waals surface area contributed by atoms with Crippen LogP contribution in [0.5, 0.6) is 0 Å². The number of hydrogen-bond donors (Lipinski definition) is 0. The lowest BCUT2D eigenvalue weighted by atomic mass is 10.0. The third kappa shape index (κ3) is 5.31. The van der Waals surface area contributed by atoms with Crippen molar-refractivity contribution in [3.05, 3.63) is 90.0 Å². The summed E-state index contributed by atoms with van der Waals surface area (Å²) in [5.74, 6) is -0.521. The van der Waals surface area contributed by atoms with Gasteiger partial charge in [-0.2, -0.15) is 0 Å². The Kier molecular flexibility index (Phi) is 7.44. The van der Waals surface area contributed by atoms with Crippen molar-refractivity contribution in [2.24, 2.45) is 0 Å². The Morgan fingerprint density at radius 3 is 2.16 bits per heavy atom. The molecule has 1 amide bonds. The summed E-state index contributed by atoms with van der Waals surface area (Å²) in [6.07, 6.45) is 0.332. The second-order valence-electron chi connectivity index (χ2n) is 7.18. The van der Waals surface area contributed by atoms with Crippen LogP contribution >= 0.6 is 0 Å². The van der Waals surface area contributed by atoms with Crippen LogP contribution < -0.4 is 4.90 Å². The maximum atomic E-state index is 13.2. The lowest BCUT2D eigenvalue weighted by Gasteiger charge is -2.28. The summed E-state index contributed by atoms with van der Waals surface area (Å²) in [6, 6.07) is 24.2. The third-order valence-electron chi connectivity index (χ3n) is 5.17. The smallest absolute Gasteiger partial charge is 0.415 e. The minimum absolute atomic E-state index is 0.109. The molecule has 5 heteroatoms. The lowest BCUT2D eigenvalue weighted by molar-refractivity contribution is -0.141. The van der Waals surface area contributed by atoms with Crippen molar-refractivity contribution in [3.8, 4) is 11.1 Å². The molecule has 0 aliphatic heterocycles. The summed E-state index contributed by atoms with van der Waals surface area (Å²) in [6.45, 7) is 3.84. The fourth-order valence-corrected chi connectivity index (χ4v) is 3.38. The maximum Gasteiger partial charge on any atom is 0.415 e. The van der Waals surface area contributed by atoms with E-state index in [0.717, 1.165) is 23.1 Å². The van der Waals surface area contributed by atoms with E-state index in [1.165, 1.54) is 17.6 Å². The molecule has 3 aromatic rings. The Morgan fingerprint density at radius 2 is 1.52 bits per heavy atom. The summed E-state index contributed by atoms with van der Waals surface area (Å²) in [7, 11) is 1.31. The number of rotatable bonds is 7. The Hall–Kier alpha value is -3.60. The van der Waals surface area contributed by atoms with Crippen molar-refractivity contribution in [3.63, 3.8) is 0 Å². The van der Waals surface area contributed by atoms with Gasteiger partial charge in [-0.05, 0) is 36.1 Å². The highest BCUT2D eigenvalue weighted by Gasteiger charge is 2.31. The number of para-hydroxylation sites is 1. The topological polar surface area (TPSA) is 55.8 Å². The quantitative estimate of drug-likeness (QED) is 0.468. The SMILES string of the molecule is CCc1ccc(-c2ccccc2N(C(=O)OCc2ccccc2)[C@@H](C)C(=O)OC)cc1. The van der Waals surface area contributed by atoms with Crippen LogP contribution in [0.25, 0.3) is 11.1 Å². The van der Waals surface area contributed by atoms with Crippen LogP contribution in [-0.2, 0) is 27.3 Å². The summed E-state index contributed by atoms with van der Waals surface area (Å²) < 4.78 is 10.5. The van der Waals surface area contributed by atoms with Crippen molar-refractivity contribution in [2.45, 2.75) is 32.9 Å². The average molecular weight is 418 g/mol. The highest BCUT2D eigenvalue weighted by molar-refractivity contribution is 5.99. The van der Waals surface area contributed by atoms with Gasteiger partial charge in [0, 0.05) is 5.56 Å². The zero-order valence-corrected chi connectivity index (χ0v) is 18.1. The van der Waals surface area contributed by atoms with E-state index in [0.29, 0.717) is 5.69 Å². The minimum Gasteiger partial charge on any atom is -0.467 e. The van der Waals surface area contributed by atoms with Gasteiger partial charge in [0.15, 0.2) is 0 Å². The Labute approximate surface area is 183 Å². The van der Waals surface area contributed by atoms with E-state index in [2.05, 4.69) is 19.1 Å². The van der Waals surface area contributed by atoms with Crippen LogP contribution in [0.1, 0.15) is 25.0 Å². The molecule has 0 aromatic heterocycles. The molecule has 0 fully saturated rings. The van der Waals surface area contributed by atoms with Crippen molar-refractivity contribution in [1.29, 1.82) is 0 Å². The molecule has 0 spiro atoms. The summed E-state index contributed by atoms with van der Waals surface area (Å²) in [5, 5.41) is 0. The first-order valence-corrected chi connectivity index (χ1v) is 10.3. The van der Waals surface area contributed by atoms with Crippen LogP contribution in [-0.4, -0.2) is 25.2 Å². The predicted molar refractivity (Wildman–Crippen MR) is 122 cm³/mol. The molecule has 1 atom stereocenters. The normalized spacial score (nSPS) is 11.5. The van der Waals surface area contributed by atoms with Gasteiger partial charge in [0.05, 0.1) is 12.8 Å². The summed E-state index contributed by atoms with van der Waals surface area (Å²) in [5.41, 5.74) is 4.46. The molecule has 31 heavy (non-hydrogen) atoms. The van der Waals surface area contributed by atoms with E-state index < -0.39 is 18.1 Å². The molecule has 0 heterocycles. The van der Waals surface area contributed by atoms with Gasteiger partial charge in [-0.15, -0.1) is 0 Å². The van der Waals surface area contributed by atoms with Crippen LogP contribution in [0.15, 0.2) is 78.9 Å². The number of benzene rings is 3. The number of anilines is 1. The molecule has 3 aromatic carbocycles.